The molecular weight excluding hydrogens is 398 g/mol. The number of thioether (sulfide) groups is 1. The molecule has 0 saturated carbocycles. The predicted octanol–water partition coefficient (Wildman–Crippen LogP) is 5.10. The molecule has 0 aliphatic carbocycles. The van der Waals surface area contributed by atoms with E-state index in [9.17, 15) is 9.59 Å². The zero-order chi connectivity index (χ0) is 21.3. The third-order valence-corrected chi connectivity index (χ3v) is 5.96. The number of carbonyl (C=O) groups excluding carboxylic acids is 1. The van der Waals surface area contributed by atoms with Gasteiger partial charge < -0.3 is 9.15 Å². The molecule has 0 N–H and O–H groups in total. The van der Waals surface area contributed by atoms with E-state index < -0.39 is 5.63 Å². The highest BCUT2D eigenvalue weighted by molar-refractivity contribution is 7.99. The van der Waals surface area contributed by atoms with Crippen LogP contribution in [-0.4, -0.2) is 16.7 Å². The average Bonchev–Trinajstić information content (AvgIpc) is 2.72. The Balaban J connectivity index is 1.46. The number of benzene rings is 2. The van der Waals surface area contributed by atoms with Gasteiger partial charge in [0, 0.05) is 22.4 Å². The molecule has 2 heterocycles. The first kappa shape index (κ1) is 20.2. The van der Waals surface area contributed by atoms with Crippen molar-refractivity contribution in [2.45, 2.75) is 32.4 Å². The van der Waals surface area contributed by atoms with Crippen molar-refractivity contribution in [3.05, 3.63) is 81.2 Å². The molecule has 0 fully saturated rings. The Morgan fingerprint density at radius 2 is 1.77 bits per heavy atom. The Hall–Kier alpha value is -3.12. The molecule has 4 rings (SSSR count). The second-order valence-electron chi connectivity index (χ2n) is 7.27. The largest absolute Gasteiger partial charge is 0.460 e. The number of pyridine rings is 1. The molecule has 152 valence electrons. The number of esters is 1. The van der Waals surface area contributed by atoms with E-state index in [4.69, 9.17) is 9.15 Å². The number of rotatable bonds is 5. The molecule has 4 aromatic rings. The van der Waals surface area contributed by atoms with Gasteiger partial charge in [0.1, 0.15) is 12.2 Å². The normalized spacial score (nSPS) is 11.2. The summed E-state index contributed by atoms with van der Waals surface area (Å²) in [6.07, 6.45) is 0. The van der Waals surface area contributed by atoms with Gasteiger partial charge in [0.2, 0.25) is 0 Å². The van der Waals surface area contributed by atoms with Gasteiger partial charge in [-0.05, 0) is 61.7 Å². The molecule has 0 unspecified atom stereocenters. The molecular formula is C24H21NO4S. The third-order valence-electron chi connectivity index (χ3n) is 5.07. The molecule has 0 aliphatic rings. The van der Waals surface area contributed by atoms with Crippen molar-refractivity contribution in [2.24, 2.45) is 0 Å². The standard InChI is InChI=1S/C24H21NO4S/c1-14-8-19-17(11-23(26)29-21(19)9-15(14)2)12-28-24(27)13-30-22-10-16(3)18-6-4-5-7-20(18)25-22/h4-11H,12-13H2,1-3H3. The number of ether oxygens (including phenoxy) is 1. The average molecular weight is 420 g/mol. The molecule has 5 nitrogen and oxygen atoms in total. The molecule has 2 aromatic heterocycles. The molecule has 0 amide bonds. The molecule has 0 spiro atoms. The van der Waals surface area contributed by atoms with Crippen LogP contribution in [0.15, 0.2) is 62.8 Å². The van der Waals surface area contributed by atoms with Crippen molar-refractivity contribution in [3.8, 4) is 0 Å². The van der Waals surface area contributed by atoms with Gasteiger partial charge in [-0.25, -0.2) is 9.78 Å². The van der Waals surface area contributed by atoms with Crippen LogP contribution >= 0.6 is 11.8 Å². The van der Waals surface area contributed by atoms with Gasteiger partial charge in [-0.15, -0.1) is 0 Å². The van der Waals surface area contributed by atoms with E-state index in [0.29, 0.717) is 11.1 Å². The lowest BCUT2D eigenvalue weighted by molar-refractivity contribution is -0.141. The number of hydrogen-bond donors (Lipinski definition) is 0. The first-order valence-corrected chi connectivity index (χ1v) is 10.6. The lowest BCUT2D eigenvalue weighted by Gasteiger charge is -2.09. The summed E-state index contributed by atoms with van der Waals surface area (Å²) in [5.41, 5.74) is 4.82. The van der Waals surface area contributed by atoms with Crippen molar-refractivity contribution in [1.82, 2.24) is 4.98 Å². The van der Waals surface area contributed by atoms with Gasteiger partial charge in [-0.3, -0.25) is 4.79 Å². The van der Waals surface area contributed by atoms with Crippen LogP contribution in [-0.2, 0) is 16.1 Å². The summed E-state index contributed by atoms with van der Waals surface area (Å²) in [6, 6.07) is 15.1. The molecule has 0 atom stereocenters. The molecule has 0 saturated heterocycles. The Kier molecular flexibility index (Phi) is 5.59. The summed E-state index contributed by atoms with van der Waals surface area (Å²) in [6.45, 7) is 6.00. The zero-order valence-electron chi connectivity index (χ0n) is 17.0. The molecule has 6 heteroatoms. The zero-order valence-corrected chi connectivity index (χ0v) is 17.8. The van der Waals surface area contributed by atoms with Crippen LogP contribution in [0.3, 0.4) is 0 Å². The maximum atomic E-state index is 12.3. The first-order valence-electron chi connectivity index (χ1n) is 9.59. The van der Waals surface area contributed by atoms with Crippen LogP contribution in [0.4, 0.5) is 0 Å². The maximum absolute atomic E-state index is 12.3. The van der Waals surface area contributed by atoms with Crippen molar-refractivity contribution >= 4 is 39.6 Å². The number of nitrogens with zero attached hydrogens (tertiary/aromatic N) is 1. The number of fused-ring (bicyclic) bond motifs is 2. The minimum absolute atomic E-state index is 0.0220. The minimum Gasteiger partial charge on any atom is -0.460 e. The van der Waals surface area contributed by atoms with E-state index in [-0.39, 0.29) is 18.3 Å². The summed E-state index contributed by atoms with van der Waals surface area (Å²) in [5, 5.41) is 2.66. The van der Waals surface area contributed by atoms with E-state index in [1.807, 2.05) is 63.2 Å². The first-order chi connectivity index (χ1) is 14.4. The summed E-state index contributed by atoms with van der Waals surface area (Å²) in [7, 11) is 0. The Bertz CT molecular complexity index is 1330. The van der Waals surface area contributed by atoms with E-state index in [1.165, 1.54) is 17.8 Å². The summed E-state index contributed by atoms with van der Waals surface area (Å²) >= 11 is 1.34. The van der Waals surface area contributed by atoms with Gasteiger partial charge in [0.05, 0.1) is 16.3 Å². The van der Waals surface area contributed by atoms with Gasteiger partial charge in [-0.2, -0.15) is 0 Å². The lowest BCUT2D eigenvalue weighted by Crippen LogP contribution is -2.09. The predicted molar refractivity (Wildman–Crippen MR) is 119 cm³/mol. The highest BCUT2D eigenvalue weighted by atomic mass is 32.2. The Morgan fingerprint density at radius 1 is 1.00 bits per heavy atom. The summed E-state index contributed by atoms with van der Waals surface area (Å²) in [4.78, 5) is 28.8. The van der Waals surface area contributed by atoms with E-state index >= 15 is 0 Å². The second-order valence-corrected chi connectivity index (χ2v) is 8.26. The lowest BCUT2D eigenvalue weighted by atomic mass is 10.0. The number of aryl methyl sites for hydroxylation is 3. The van der Waals surface area contributed by atoms with Crippen molar-refractivity contribution in [2.75, 3.05) is 5.75 Å². The smallest absolute Gasteiger partial charge is 0.336 e. The fraction of sp³-hybridized carbons (Fsp3) is 0.208. The molecule has 0 bridgehead atoms. The molecule has 0 radical (unpaired) electrons. The SMILES string of the molecule is Cc1cc2oc(=O)cc(COC(=O)CSc3cc(C)c4ccccc4n3)c2cc1C. The quantitative estimate of drug-likeness (QED) is 0.255. The van der Waals surface area contributed by atoms with Crippen LogP contribution < -0.4 is 5.63 Å². The number of hydrogen-bond acceptors (Lipinski definition) is 6. The summed E-state index contributed by atoms with van der Waals surface area (Å²) < 4.78 is 10.7. The van der Waals surface area contributed by atoms with Crippen molar-refractivity contribution < 1.29 is 13.9 Å². The highest BCUT2D eigenvalue weighted by Crippen LogP contribution is 2.25. The number of aromatic nitrogens is 1. The fourth-order valence-electron chi connectivity index (χ4n) is 3.33. The fourth-order valence-corrected chi connectivity index (χ4v) is 4.10. The van der Waals surface area contributed by atoms with E-state index in [1.54, 1.807) is 0 Å². The van der Waals surface area contributed by atoms with Crippen molar-refractivity contribution in [1.29, 1.82) is 0 Å². The molecule has 2 aromatic carbocycles. The molecule has 30 heavy (non-hydrogen) atoms. The van der Waals surface area contributed by atoms with Crippen LogP contribution in [0, 0.1) is 20.8 Å². The maximum Gasteiger partial charge on any atom is 0.336 e. The van der Waals surface area contributed by atoms with Gasteiger partial charge in [-0.1, -0.05) is 30.0 Å². The van der Waals surface area contributed by atoms with E-state index in [2.05, 4.69) is 4.98 Å². The van der Waals surface area contributed by atoms with Crippen LogP contribution in [0.25, 0.3) is 21.9 Å². The summed E-state index contributed by atoms with van der Waals surface area (Å²) in [5.74, 6) is -0.222. The van der Waals surface area contributed by atoms with Gasteiger partial charge >= 0.3 is 11.6 Å². The van der Waals surface area contributed by atoms with Crippen molar-refractivity contribution in [3.63, 3.8) is 0 Å². The highest BCUT2D eigenvalue weighted by Gasteiger charge is 2.12. The monoisotopic (exact) mass is 419 g/mol. The van der Waals surface area contributed by atoms with E-state index in [0.717, 1.165) is 38.0 Å². The second kappa shape index (κ2) is 8.32. The van der Waals surface area contributed by atoms with Gasteiger partial charge in [0.15, 0.2) is 0 Å². The van der Waals surface area contributed by atoms with Gasteiger partial charge in [0.25, 0.3) is 0 Å². The van der Waals surface area contributed by atoms with Crippen LogP contribution in [0.1, 0.15) is 22.3 Å². The Labute approximate surface area is 178 Å². The van der Waals surface area contributed by atoms with Crippen LogP contribution in [0.5, 0.6) is 0 Å². The molecule has 0 aliphatic heterocycles. The Morgan fingerprint density at radius 3 is 2.60 bits per heavy atom. The number of carbonyl (C=O) groups is 1. The topological polar surface area (TPSA) is 69.4 Å². The van der Waals surface area contributed by atoms with Crippen LogP contribution in [0.2, 0.25) is 0 Å². The third kappa shape index (κ3) is 4.24. The minimum atomic E-state index is -0.456. The number of para-hydroxylation sites is 1.